The Balaban J connectivity index is 1.52. The molecule has 0 saturated carbocycles. The molecule has 0 spiro atoms. The van der Waals surface area contributed by atoms with Gasteiger partial charge in [-0.1, -0.05) is 24.3 Å². The summed E-state index contributed by atoms with van der Waals surface area (Å²) in [7, 11) is 1.78. The van der Waals surface area contributed by atoms with Gasteiger partial charge in [-0.2, -0.15) is 18.3 Å². The van der Waals surface area contributed by atoms with Crippen molar-refractivity contribution in [2.24, 2.45) is 7.05 Å². The third kappa shape index (κ3) is 4.52. The monoisotopic (exact) mass is 444 g/mol. The van der Waals surface area contributed by atoms with Crippen molar-refractivity contribution in [3.63, 3.8) is 0 Å². The fraction of sp³-hybridized carbons (Fsp3) is 0.348. The standard InChI is InChI=1S/C23H23F3N4O2/c1-15-18(13-27-29(15)2)22(31)30-10-11-32-21(14-30)20-9-5-7-17(28-20)12-16-6-3-4-8-19(16)23(24,25)26/h3-9,13,21H,10-12,14H2,1-2H3. The van der Waals surface area contributed by atoms with Crippen LogP contribution in [0.3, 0.4) is 0 Å². The minimum atomic E-state index is -4.42. The number of nitrogens with zero attached hydrogens (tertiary/aromatic N) is 4. The highest BCUT2D eigenvalue weighted by Gasteiger charge is 2.33. The van der Waals surface area contributed by atoms with Gasteiger partial charge in [0.2, 0.25) is 0 Å². The fourth-order valence-corrected chi connectivity index (χ4v) is 3.81. The van der Waals surface area contributed by atoms with Crippen molar-refractivity contribution in [1.82, 2.24) is 19.7 Å². The lowest BCUT2D eigenvalue weighted by Gasteiger charge is -2.32. The molecule has 1 aliphatic heterocycles. The number of benzene rings is 1. The molecule has 1 amide bonds. The number of morpholine rings is 1. The van der Waals surface area contributed by atoms with Crippen LogP contribution < -0.4 is 0 Å². The fourth-order valence-electron chi connectivity index (χ4n) is 3.81. The second-order valence-electron chi connectivity index (χ2n) is 7.76. The van der Waals surface area contributed by atoms with E-state index in [4.69, 9.17) is 4.74 Å². The van der Waals surface area contributed by atoms with Crippen LogP contribution in [0.5, 0.6) is 0 Å². The number of pyridine rings is 1. The smallest absolute Gasteiger partial charge is 0.368 e. The van der Waals surface area contributed by atoms with Crippen LogP contribution >= 0.6 is 0 Å². The minimum Gasteiger partial charge on any atom is -0.368 e. The van der Waals surface area contributed by atoms with E-state index in [1.807, 2.05) is 6.92 Å². The maximum Gasteiger partial charge on any atom is 0.416 e. The Hall–Kier alpha value is -3.20. The van der Waals surface area contributed by atoms with Crippen molar-refractivity contribution in [3.05, 3.63) is 82.4 Å². The number of carbonyl (C=O) groups excluding carboxylic acids is 1. The first-order valence-electron chi connectivity index (χ1n) is 10.2. The van der Waals surface area contributed by atoms with Gasteiger partial charge in [0.15, 0.2) is 0 Å². The number of carbonyl (C=O) groups is 1. The van der Waals surface area contributed by atoms with Crippen molar-refractivity contribution in [2.75, 3.05) is 19.7 Å². The van der Waals surface area contributed by atoms with Gasteiger partial charge in [-0.3, -0.25) is 14.5 Å². The van der Waals surface area contributed by atoms with Crippen molar-refractivity contribution in [1.29, 1.82) is 0 Å². The first-order valence-corrected chi connectivity index (χ1v) is 10.2. The van der Waals surface area contributed by atoms with Gasteiger partial charge in [-0.05, 0) is 30.7 Å². The molecule has 32 heavy (non-hydrogen) atoms. The Morgan fingerprint density at radius 1 is 1.19 bits per heavy atom. The van der Waals surface area contributed by atoms with E-state index in [0.717, 1.165) is 11.8 Å². The van der Waals surface area contributed by atoms with E-state index in [-0.39, 0.29) is 17.9 Å². The van der Waals surface area contributed by atoms with E-state index >= 15 is 0 Å². The van der Waals surface area contributed by atoms with E-state index < -0.39 is 17.8 Å². The highest BCUT2D eigenvalue weighted by Crippen LogP contribution is 2.33. The highest BCUT2D eigenvalue weighted by atomic mass is 19.4. The van der Waals surface area contributed by atoms with Gasteiger partial charge in [0.05, 0.1) is 36.2 Å². The van der Waals surface area contributed by atoms with Crippen LogP contribution in [0.25, 0.3) is 0 Å². The topological polar surface area (TPSA) is 60.3 Å². The van der Waals surface area contributed by atoms with Gasteiger partial charge in [0.25, 0.3) is 5.91 Å². The van der Waals surface area contributed by atoms with E-state index in [2.05, 4.69) is 10.1 Å². The number of hydrogen-bond donors (Lipinski definition) is 0. The average Bonchev–Trinajstić information content (AvgIpc) is 3.11. The summed E-state index contributed by atoms with van der Waals surface area (Å²) >= 11 is 0. The van der Waals surface area contributed by atoms with Gasteiger partial charge in [-0.15, -0.1) is 0 Å². The molecule has 1 aliphatic rings. The van der Waals surface area contributed by atoms with Gasteiger partial charge in [0.1, 0.15) is 6.10 Å². The molecule has 3 aromatic rings. The van der Waals surface area contributed by atoms with Crippen LogP contribution in [0, 0.1) is 6.92 Å². The van der Waals surface area contributed by atoms with Crippen LogP contribution in [0.2, 0.25) is 0 Å². The van der Waals surface area contributed by atoms with Crippen LogP contribution in [0.1, 0.15) is 44.7 Å². The first-order chi connectivity index (χ1) is 15.2. The lowest BCUT2D eigenvalue weighted by atomic mass is 10.0. The maximum absolute atomic E-state index is 13.3. The number of aromatic nitrogens is 3. The zero-order valence-corrected chi connectivity index (χ0v) is 17.8. The molecule has 0 radical (unpaired) electrons. The lowest BCUT2D eigenvalue weighted by molar-refractivity contribution is -0.138. The average molecular weight is 444 g/mol. The van der Waals surface area contributed by atoms with Crippen molar-refractivity contribution < 1.29 is 22.7 Å². The quantitative estimate of drug-likeness (QED) is 0.612. The summed E-state index contributed by atoms with van der Waals surface area (Å²) in [5, 5.41) is 4.13. The Kier molecular flexibility index (Phi) is 6.01. The van der Waals surface area contributed by atoms with Crippen LogP contribution in [-0.4, -0.2) is 45.3 Å². The Morgan fingerprint density at radius 2 is 1.97 bits per heavy atom. The third-order valence-corrected chi connectivity index (χ3v) is 5.67. The molecule has 6 nitrogen and oxygen atoms in total. The zero-order chi connectivity index (χ0) is 22.9. The summed E-state index contributed by atoms with van der Waals surface area (Å²) in [6.07, 6.45) is -3.28. The van der Waals surface area contributed by atoms with Crippen molar-refractivity contribution >= 4 is 5.91 Å². The predicted octanol–water partition coefficient (Wildman–Crippen LogP) is 3.95. The molecule has 1 saturated heterocycles. The number of ether oxygens (including phenoxy) is 1. The van der Waals surface area contributed by atoms with Gasteiger partial charge >= 0.3 is 6.18 Å². The summed E-state index contributed by atoms with van der Waals surface area (Å²) < 4.78 is 47.5. The van der Waals surface area contributed by atoms with Crippen LogP contribution in [0.15, 0.2) is 48.7 Å². The number of hydrogen-bond acceptors (Lipinski definition) is 4. The summed E-state index contributed by atoms with van der Waals surface area (Å²) in [6.45, 7) is 2.94. The predicted molar refractivity (Wildman–Crippen MR) is 111 cm³/mol. The van der Waals surface area contributed by atoms with E-state index in [1.54, 1.807) is 47.1 Å². The summed E-state index contributed by atoms with van der Waals surface area (Å²) in [5.74, 6) is -0.126. The minimum absolute atomic E-state index is 0.0494. The van der Waals surface area contributed by atoms with Crippen LogP contribution in [0.4, 0.5) is 13.2 Å². The molecular formula is C23H23F3N4O2. The van der Waals surface area contributed by atoms with Gasteiger partial charge in [0, 0.05) is 31.4 Å². The number of amides is 1. The molecule has 168 valence electrons. The number of aryl methyl sites for hydroxylation is 1. The summed E-state index contributed by atoms with van der Waals surface area (Å²) in [4.78, 5) is 19.2. The van der Waals surface area contributed by atoms with E-state index in [1.165, 1.54) is 12.1 Å². The molecule has 3 heterocycles. The number of rotatable bonds is 4. The molecule has 0 N–H and O–H groups in total. The van der Waals surface area contributed by atoms with Crippen LogP contribution in [-0.2, 0) is 24.4 Å². The molecule has 1 atom stereocenters. The van der Waals surface area contributed by atoms with Crippen molar-refractivity contribution in [3.8, 4) is 0 Å². The van der Waals surface area contributed by atoms with Gasteiger partial charge in [-0.25, -0.2) is 0 Å². The Labute approximate surface area is 183 Å². The molecule has 1 unspecified atom stereocenters. The lowest BCUT2D eigenvalue weighted by Crippen LogP contribution is -2.42. The number of alkyl halides is 3. The molecule has 1 aromatic carbocycles. The van der Waals surface area contributed by atoms with Crippen molar-refractivity contribution in [2.45, 2.75) is 25.6 Å². The molecule has 0 bridgehead atoms. The summed E-state index contributed by atoms with van der Waals surface area (Å²) in [6, 6.07) is 10.7. The SMILES string of the molecule is Cc1c(C(=O)N2CCOC(c3cccc(Cc4ccccc4C(F)(F)F)n3)C2)cnn1C. The number of halogens is 3. The third-order valence-electron chi connectivity index (χ3n) is 5.67. The van der Waals surface area contributed by atoms with E-state index in [9.17, 15) is 18.0 Å². The molecule has 0 aliphatic carbocycles. The molecule has 1 fully saturated rings. The normalized spacial score (nSPS) is 16.9. The molecular weight excluding hydrogens is 421 g/mol. The second-order valence-corrected chi connectivity index (χ2v) is 7.76. The Bertz CT molecular complexity index is 1130. The highest BCUT2D eigenvalue weighted by molar-refractivity contribution is 5.95. The second kappa shape index (κ2) is 8.74. The van der Waals surface area contributed by atoms with E-state index in [0.29, 0.717) is 36.6 Å². The molecule has 9 heteroatoms. The largest absolute Gasteiger partial charge is 0.416 e. The Morgan fingerprint density at radius 3 is 2.69 bits per heavy atom. The van der Waals surface area contributed by atoms with Gasteiger partial charge < -0.3 is 9.64 Å². The molecule has 4 rings (SSSR count). The zero-order valence-electron chi connectivity index (χ0n) is 17.8. The molecule has 2 aromatic heterocycles. The summed E-state index contributed by atoms with van der Waals surface area (Å²) in [5.41, 5.74) is 1.92. The first kappa shape index (κ1) is 22.0. The maximum atomic E-state index is 13.3.